The first kappa shape index (κ1) is 12.9. The van der Waals surface area contributed by atoms with E-state index in [0.717, 1.165) is 30.5 Å². The molecule has 1 aromatic carbocycles. The lowest BCUT2D eigenvalue weighted by Gasteiger charge is -2.24. The van der Waals surface area contributed by atoms with Crippen molar-refractivity contribution >= 4 is 23.2 Å². The molecule has 4 heteroatoms. The first-order valence-electron chi connectivity index (χ1n) is 6.86. The Morgan fingerprint density at radius 3 is 3.00 bits per heavy atom. The molecule has 3 nitrogen and oxygen atoms in total. The zero-order valence-corrected chi connectivity index (χ0v) is 11.6. The summed E-state index contributed by atoms with van der Waals surface area (Å²) in [6.45, 7) is 0.692. The summed E-state index contributed by atoms with van der Waals surface area (Å²) in [5.41, 5.74) is 3.10. The van der Waals surface area contributed by atoms with Crippen LogP contribution in [0.5, 0.6) is 0 Å². The van der Waals surface area contributed by atoms with E-state index >= 15 is 0 Å². The third-order valence-corrected chi connectivity index (χ3v) is 4.58. The molecule has 2 unspecified atom stereocenters. The Morgan fingerprint density at radius 2 is 2.26 bits per heavy atom. The summed E-state index contributed by atoms with van der Waals surface area (Å²) in [7, 11) is 0. The van der Waals surface area contributed by atoms with Gasteiger partial charge >= 0.3 is 0 Å². The summed E-state index contributed by atoms with van der Waals surface area (Å²) in [6, 6.07) is 6.02. The molecule has 0 bridgehead atoms. The minimum atomic E-state index is -0.384. The van der Waals surface area contributed by atoms with Crippen LogP contribution in [0.1, 0.15) is 36.5 Å². The minimum Gasteiger partial charge on any atom is -0.388 e. The van der Waals surface area contributed by atoms with Gasteiger partial charge in [0.2, 0.25) is 5.91 Å². The second-order valence-electron chi connectivity index (χ2n) is 5.52. The Morgan fingerprint density at radius 1 is 1.42 bits per heavy atom. The van der Waals surface area contributed by atoms with Gasteiger partial charge in [-0.25, -0.2) is 0 Å². The van der Waals surface area contributed by atoms with Crippen molar-refractivity contribution in [3.63, 3.8) is 0 Å². The maximum Gasteiger partial charge on any atom is 0.227 e. The first-order chi connectivity index (χ1) is 9.19. The largest absolute Gasteiger partial charge is 0.388 e. The van der Waals surface area contributed by atoms with Crippen LogP contribution in [0.15, 0.2) is 18.2 Å². The number of nitrogens with zero attached hydrogens (tertiary/aromatic N) is 1. The van der Waals surface area contributed by atoms with Gasteiger partial charge in [0.25, 0.3) is 0 Å². The van der Waals surface area contributed by atoms with Crippen LogP contribution in [0.25, 0.3) is 0 Å². The number of hydrogen-bond acceptors (Lipinski definition) is 2. The Labute approximate surface area is 118 Å². The number of alkyl halides is 1. The average Bonchev–Trinajstić information content (AvgIpc) is 2.80. The van der Waals surface area contributed by atoms with E-state index in [4.69, 9.17) is 11.6 Å². The Kier molecular flexibility index (Phi) is 3.50. The number of aliphatic hydroxyl groups is 1. The fourth-order valence-corrected chi connectivity index (χ4v) is 3.27. The summed E-state index contributed by atoms with van der Waals surface area (Å²) < 4.78 is 0. The predicted octanol–water partition coefficient (Wildman–Crippen LogP) is 2.65. The molecule has 1 saturated heterocycles. The number of anilines is 1. The van der Waals surface area contributed by atoms with E-state index in [0.29, 0.717) is 18.8 Å². The van der Waals surface area contributed by atoms with Gasteiger partial charge in [0.15, 0.2) is 0 Å². The zero-order valence-electron chi connectivity index (χ0n) is 10.8. The number of benzene rings is 1. The number of halogens is 1. The lowest BCUT2D eigenvalue weighted by Crippen LogP contribution is -2.25. The Bertz CT molecular complexity index is 503. The maximum atomic E-state index is 12.0. The smallest absolute Gasteiger partial charge is 0.227 e. The Balaban J connectivity index is 1.90. The van der Waals surface area contributed by atoms with Gasteiger partial charge in [-0.2, -0.15) is 0 Å². The van der Waals surface area contributed by atoms with E-state index in [2.05, 4.69) is 0 Å². The molecule has 102 valence electrons. The highest BCUT2D eigenvalue weighted by Gasteiger charge is 2.30. The fourth-order valence-electron chi connectivity index (χ4n) is 3.06. The second-order valence-corrected chi connectivity index (χ2v) is 5.83. The summed E-state index contributed by atoms with van der Waals surface area (Å²) in [4.78, 5) is 13.8. The van der Waals surface area contributed by atoms with Crippen molar-refractivity contribution in [1.29, 1.82) is 0 Å². The zero-order chi connectivity index (χ0) is 13.4. The van der Waals surface area contributed by atoms with Gasteiger partial charge in [0, 0.05) is 24.5 Å². The number of fused-ring (bicyclic) bond motifs is 1. The van der Waals surface area contributed by atoms with Crippen molar-refractivity contribution in [2.24, 2.45) is 5.92 Å². The molecule has 0 spiro atoms. The predicted molar refractivity (Wildman–Crippen MR) is 75.5 cm³/mol. The van der Waals surface area contributed by atoms with E-state index in [1.807, 2.05) is 18.2 Å². The molecule has 1 aliphatic heterocycles. The number of hydrogen-bond donors (Lipinski definition) is 1. The van der Waals surface area contributed by atoms with E-state index in [-0.39, 0.29) is 17.9 Å². The lowest BCUT2D eigenvalue weighted by atomic mass is 9.89. The van der Waals surface area contributed by atoms with Crippen LogP contribution in [0, 0.1) is 5.92 Å². The monoisotopic (exact) mass is 279 g/mol. The Hall–Kier alpha value is -1.06. The molecule has 1 N–H and O–H groups in total. The SMILES string of the molecule is O=C1CC(CCl)CN1c1ccc2c(c1)C(O)CCC2. The van der Waals surface area contributed by atoms with E-state index in [1.165, 1.54) is 5.56 Å². The summed E-state index contributed by atoms with van der Waals surface area (Å²) >= 11 is 5.85. The lowest BCUT2D eigenvalue weighted by molar-refractivity contribution is -0.117. The van der Waals surface area contributed by atoms with Crippen LogP contribution in [0.4, 0.5) is 5.69 Å². The van der Waals surface area contributed by atoms with E-state index in [9.17, 15) is 9.90 Å². The van der Waals surface area contributed by atoms with Gasteiger partial charge in [0.1, 0.15) is 0 Å². The van der Waals surface area contributed by atoms with Gasteiger partial charge in [-0.3, -0.25) is 4.79 Å². The number of amides is 1. The number of aryl methyl sites for hydroxylation is 1. The number of rotatable bonds is 2. The number of carbonyl (C=O) groups is 1. The van der Waals surface area contributed by atoms with Gasteiger partial charge < -0.3 is 10.0 Å². The highest BCUT2D eigenvalue weighted by molar-refractivity contribution is 6.18. The summed E-state index contributed by atoms with van der Waals surface area (Å²) in [6.07, 6.45) is 3.01. The average molecular weight is 280 g/mol. The summed E-state index contributed by atoms with van der Waals surface area (Å²) in [5.74, 6) is 0.904. The van der Waals surface area contributed by atoms with Crippen LogP contribution in [-0.2, 0) is 11.2 Å². The second kappa shape index (κ2) is 5.14. The standard InChI is InChI=1S/C15H18ClNO2/c16-8-10-6-15(19)17(9-10)12-5-4-11-2-1-3-14(18)13(11)7-12/h4-5,7,10,14,18H,1-3,6,8-9H2. The number of aliphatic hydroxyl groups excluding tert-OH is 1. The molecule has 1 fully saturated rings. The number of carbonyl (C=O) groups excluding carboxylic acids is 1. The van der Waals surface area contributed by atoms with Crippen LogP contribution in [-0.4, -0.2) is 23.4 Å². The highest BCUT2D eigenvalue weighted by Crippen LogP contribution is 2.34. The van der Waals surface area contributed by atoms with Gasteiger partial charge in [-0.1, -0.05) is 6.07 Å². The third kappa shape index (κ3) is 2.37. The van der Waals surface area contributed by atoms with Gasteiger partial charge in [-0.05, 0) is 48.4 Å². The molecule has 2 aliphatic rings. The van der Waals surface area contributed by atoms with Crippen molar-refractivity contribution in [3.05, 3.63) is 29.3 Å². The van der Waals surface area contributed by atoms with E-state index < -0.39 is 0 Å². The fraction of sp³-hybridized carbons (Fsp3) is 0.533. The van der Waals surface area contributed by atoms with Crippen molar-refractivity contribution in [3.8, 4) is 0 Å². The molecule has 1 heterocycles. The van der Waals surface area contributed by atoms with Crippen molar-refractivity contribution in [2.45, 2.75) is 31.8 Å². The van der Waals surface area contributed by atoms with Crippen LogP contribution < -0.4 is 4.90 Å². The normalized spacial score (nSPS) is 26.6. The van der Waals surface area contributed by atoms with Gasteiger partial charge in [-0.15, -0.1) is 11.6 Å². The quantitative estimate of drug-likeness (QED) is 0.846. The van der Waals surface area contributed by atoms with Crippen LogP contribution in [0.2, 0.25) is 0 Å². The first-order valence-corrected chi connectivity index (χ1v) is 7.39. The molecular weight excluding hydrogens is 262 g/mol. The molecule has 0 radical (unpaired) electrons. The molecule has 1 aliphatic carbocycles. The van der Waals surface area contributed by atoms with Crippen molar-refractivity contribution in [1.82, 2.24) is 0 Å². The molecule has 3 rings (SSSR count). The van der Waals surface area contributed by atoms with Gasteiger partial charge in [0.05, 0.1) is 6.10 Å². The molecule has 1 aromatic rings. The topological polar surface area (TPSA) is 40.5 Å². The molecule has 0 aromatic heterocycles. The molecule has 2 atom stereocenters. The van der Waals surface area contributed by atoms with Crippen LogP contribution >= 0.6 is 11.6 Å². The minimum absolute atomic E-state index is 0.135. The molecule has 0 saturated carbocycles. The molecule has 1 amide bonds. The third-order valence-electron chi connectivity index (χ3n) is 4.15. The van der Waals surface area contributed by atoms with Crippen molar-refractivity contribution in [2.75, 3.05) is 17.3 Å². The highest BCUT2D eigenvalue weighted by atomic mass is 35.5. The van der Waals surface area contributed by atoms with E-state index in [1.54, 1.807) is 4.90 Å². The summed E-state index contributed by atoms with van der Waals surface area (Å²) in [5, 5.41) is 10.1. The molecular formula is C15H18ClNO2. The van der Waals surface area contributed by atoms with Crippen LogP contribution in [0.3, 0.4) is 0 Å². The van der Waals surface area contributed by atoms with Crippen molar-refractivity contribution < 1.29 is 9.90 Å². The molecule has 19 heavy (non-hydrogen) atoms. The maximum absolute atomic E-state index is 12.0.